The molecule has 1 saturated heterocycles. The number of aromatic nitrogens is 2. The van der Waals surface area contributed by atoms with E-state index in [1.807, 2.05) is 11.1 Å². The predicted octanol–water partition coefficient (Wildman–Crippen LogP) is 1.87. The van der Waals surface area contributed by atoms with E-state index in [0.29, 0.717) is 13.0 Å². The van der Waals surface area contributed by atoms with Crippen LogP contribution >= 0.6 is 0 Å². The number of nitrogens with zero attached hydrogens (tertiary/aromatic N) is 2. The molecule has 0 aromatic carbocycles. The Hall–Kier alpha value is -1.40. The summed E-state index contributed by atoms with van der Waals surface area (Å²) in [6.07, 6.45) is 13.7. The summed E-state index contributed by atoms with van der Waals surface area (Å²) in [5.74, 6) is 0.690. The van der Waals surface area contributed by atoms with Crippen LogP contribution in [0.25, 0.3) is 0 Å². The number of hydrogen-bond acceptors (Lipinski definition) is 4. The molecule has 2 heterocycles. The van der Waals surface area contributed by atoms with Crippen LogP contribution in [0.5, 0.6) is 0 Å². The lowest BCUT2D eigenvalue weighted by atomic mass is 9.86. The molecule has 1 amide bonds. The maximum Gasteiger partial charge on any atom is 0.255 e. The molecule has 1 aromatic heterocycles. The van der Waals surface area contributed by atoms with E-state index in [1.54, 1.807) is 6.20 Å². The molecule has 1 atom stereocenters. The number of carbonyl (C=O) groups is 1. The largest absolute Gasteiger partial charge is 0.379 e. The second kappa shape index (κ2) is 8.81. The quantitative estimate of drug-likeness (QED) is 0.627. The minimum Gasteiger partial charge on any atom is -0.379 e. The molecule has 3 N–H and O–H groups in total. The van der Waals surface area contributed by atoms with E-state index in [9.17, 15) is 9.90 Å². The third kappa shape index (κ3) is 5.05. The zero-order valence-corrected chi connectivity index (χ0v) is 15.2. The fourth-order valence-electron chi connectivity index (χ4n) is 4.20. The number of piperidine rings is 1. The van der Waals surface area contributed by atoms with Gasteiger partial charge in [-0.3, -0.25) is 9.89 Å². The van der Waals surface area contributed by atoms with E-state index in [4.69, 9.17) is 0 Å². The van der Waals surface area contributed by atoms with Gasteiger partial charge in [0.15, 0.2) is 5.60 Å². The molecular weight excluding hydrogens is 316 g/mol. The molecule has 1 aromatic rings. The Labute approximate surface area is 150 Å². The van der Waals surface area contributed by atoms with Crippen molar-refractivity contribution in [3.8, 4) is 0 Å². The fourth-order valence-corrected chi connectivity index (χ4v) is 4.20. The molecule has 0 spiro atoms. The van der Waals surface area contributed by atoms with Gasteiger partial charge in [0.2, 0.25) is 0 Å². The predicted molar refractivity (Wildman–Crippen MR) is 97.1 cm³/mol. The van der Waals surface area contributed by atoms with Crippen LogP contribution in [-0.4, -0.2) is 57.9 Å². The van der Waals surface area contributed by atoms with Crippen LogP contribution < -0.4 is 5.32 Å². The lowest BCUT2D eigenvalue weighted by Crippen LogP contribution is -2.58. The maximum atomic E-state index is 12.8. The average molecular weight is 348 g/mol. The average Bonchev–Trinajstić information content (AvgIpc) is 3.15. The number of H-pyrrole nitrogens is 1. The van der Waals surface area contributed by atoms with Gasteiger partial charge < -0.3 is 15.3 Å². The van der Waals surface area contributed by atoms with Gasteiger partial charge in [-0.15, -0.1) is 0 Å². The molecule has 0 bridgehead atoms. The summed E-state index contributed by atoms with van der Waals surface area (Å²) in [4.78, 5) is 14.7. The Morgan fingerprint density at radius 1 is 1.32 bits per heavy atom. The Morgan fingerprint density at radius 3 is 2.92 bits per heavy atom. The summed E-state index contributed by atoms with van der Waals surface area (Å²) in [6, 6.07) is 0. The number of carbonyl (C=O) groups excluding carboxylic acids is 1. The SMILES string of the molecule is O=C1N(CCC2CCCCC2)CCC[C@]1(O)CNCCc1cn[nH]c1. The Bertz CT molecular complexity index is 528. The Morgan fingerprint density at radius 2 is 2.16 bits per heavy atom. The third-order valence-electron chi connectivity index (χ3n) is 5.80. The minimum absolute atomic E-state index is 0.0784. The molecule has 0 radical (unpaired) electrons. The number of aliphatic hydroxyl groups is 1. The van der Waals surface area contributed by atoms with Crippen molar-refractivity contribution in [2.45, 2.75) is 63.4 Å². The van der Waals surface area contributed by atoms with E-state index in [0.717, 1.165) is 50.4 Å². The summed E-state index contributed by atoms with van der Waals surface area (Å²) in [5.41, 5.74) is -0.107. The van der Waals surface area contributed by atoms with Gasteiger partial charge in [-0.25, -0.2) is 0 Å². The lowest BCUT2D eigenvalue weighted by Gasteiger charge is -2.39. The van der Waals surface area contributed by atoms with Crippen molar-refractivity contribution in [3.63, 3.8) is 0 Å². The summed E-state index contributed by atoms with van der Waals surface area (Å²) in [6.45, 7) is 2.67. The maximum absolute atomic E-state index is 12.8. The zero-order chi connectivity index (χ0) is 17.5. The summed E-state index contributed by atoms with van der Waals surface area (Å²) < 4.78 is 0. The van der Waals surface area contributed by atoms with E-state index >= 15 is 0 Å². The highest BCUT2D eigenvalue weighted by molar-refractivity contribution is 5.86. The van der Waals surface area contributed by atoms with E-state index < -0.39 is 5.60 Å². The van der Waals surface area contributed by atoms with Crippen molar-refractivity contribution in [1.82, 2.24) is 20.4 Å². The van der Waals surface area contributed by atoms with Crippen LogP contribution in [0.3, 0.4) is 0 Å². The van der Waals surface area contributed by atoms with Gasteiger partial charge in [0.1, 0.15) is 0 Å². The lowest BCUT2D eigenvalue weighted by molar-refractivity contribution is -0.156. The van der Waals surface area contributed by atoms with Crippen LogP contribution in [0.4, 0.5) is 0 Å². The van der Waals surface area contributed by atoms with E-state index in [2.05, 4.69) is 15.5 Å². The van der Waals surface area contributed by atoms with Crippen LogP contribution in [-0.2, 0) is 11.2 Å². The molecular formula is C19H32N4O2. The first-order valence-corrected chi connectivity index (χ1v) is 9.87. The standard InChI is InChI=1S/C19H32N4O2/c24-18-19(25,15-20-10-7-17-13-21-22-14-17)9-4-11-23(18)12-8-16-5-2-1-3-6-16/h13-14,16,20,25H,1-12,15H2,(H,21,22)/t19-/m0/s1. The van der Waals surface area contributed by atoms with Crippen molar-refractivity contribution in [3.05, 3.63) is 18.0 Å². The molecule has 2 aliphatic rings. The van der Waals surface area contributed by atoms with Crippen LogP contribution in [0, 0.1) is 5.92 Å². The minimum atomic E-state index is -1.23. The van der Waals surface area contributed by atoms with E-state index in [1.165, 1.54) is 32.1 Å². The smallest absolute Gasteiger partial charge is 0.255 e. The van der Waals surface area contributed by atoms with Crippen LogP contribution in [0.1, 0.15) is 56.9 Å². The van der Waals surface area contributed by atoms with Crippen molar-refractivity contribution < 1.29 is 9.90 Å². The second-order valence-electron chi connectivity index (χ2n) is 7.75. The van der Waals surface area contributed by atoms with Gasteiger partial charge in [0, 0.05) is 25.8 Å². The van der Waals surface area contributed by atoms with Gasteiger partial charge in [-0.05, 0) is 43.7 Å². The summed E-state index contributed by atoms with van der Waals surface area (Å²) in [5, 5.41) is 20.8. The first-order valence-electron chi connectivity index (χ1n) is 9.87. The highest BCUT2D eigenvalue weighted by atomic mass is 16.3. The molecule has 1 aliphatic carbocycles. The van der Waals surface area contributed by atoms with Crippen molar-refractivity contribution in [2.24, 2.45) is 5.92 Å². The highest BCUT2D eigenvalue weighted by Crippen LogP contribution is 2.28. The molecule has 1 aliphatic heterocycles. The van der Waals surface area contributed by atoms with Gasteiger partial charge >= 0.3 is 0 Å². The molecule has 6 heteroatoms. The van der Waals surface area contributed by atoms with Crippen LogP contribution in [0.2, 0.25) is 0 Å². The van der Waals surface area contributed by atoms with Crippen LogP contribution in [0.15, 0.2) is 12.4 Å². The summed E-state index contributed by atoms with van der Waals surface area (Å²) >= 11 is 0. The second-order valence-corrected chi connectivity index (χ2v) is 7.75. The monoisotopic (exact) mass is 348 g/mol. The molecule has 3 rings (SSSR count). The Balaban J connectivity index is 1.42. The molecule has 0 unspecified atom stereocenters. The first-order chi connectivity index (χ1) is 12.2. The molecule has 1 saturated carbocycles. The molecule has 140 valence electrons. The van der Waals surface area contributed by atoms with Crippen molar-refractivity contribution >= 4 is 5.91 Å². The van der Waals surface area contributed by atoms with Gasteiger partial charge in [0.25, 0.3) is 5.91 Å². The Kier molecular flexibility index (Phi) is 6.48. The number of likely N-dealkylation sites (tertiary alicyclic amines) is 1. The number of amides is 1. The van der Waals surface area contributed by atoms with Gasteiger partial charge in [-0.2, -0.15) is 5.10 Å². The number of rotatable bonds is 8. The fraction of sp³-hybridized carbons (Fsp3) is 0.789. The highest BCUT2D eigenvalue weighted by Gasteiger charge is 2.41. The first kappa shape index (κ1) is 18.4. The summed E-state index contributed by atoms with van der Waals surface area (Å²) in [7, 11) is 0. The van der Waals surface area contributed by atoms with Gasteiger partial charge in [0.05, 0.1) is 6.20 Å². The van der Waals surface area contributed by atoms with Gasteiger partial charge in [-0.1, -0.05) is 32.1 Å². The van der Waals surface area contributed by atoms with Crippen molar-refractivity contribution in [1.29, 1.82) is 0 Å². The number of hydrogen-bond donors (Lipinski definition) is 3. The molecule has 2 fully saturated rings. The molecule has 6 nitrogen and oxygen atoms in total. The number of aromatic amines is 1. The zero-order valence-electron chi connectivity index (χ0n) is 15.2. The topological polar surface area (TPSA) is 81.2 Å². The number of nitrogens with one attached hydrogen (secondary N) is 2. The van der Waals surface area contributed by atoms with Crippen molar-refractivity contribution in [2.75, 3.05) is 26.2 Å². The normalized spacial score (nSPS) is 25.5. The third-order valence-corrected chi connectivity index (χ3v) is 5.80. The van der Waals surface area contributed by atoms with E-state index in [-0.39, 0.29) is 5.91 Å². The molecule has 25 heavy (non-hydrogen) atoms.